The molecule has 3 heterocycles. The van der Waals surface area contributed by atoms with Crippen LogP contribution in [0.3, 0.4) is 0 Å². The van der Waals surface area contributed by atoms with Crippen LogP contribution >= 0.6 is 7.26 Å². The normalized spacial score (nSPS) is 27.7. The van der Waals surface area contributed by atoms with Gasteiger partial charge in [-0.3, -0.25) is 9.59 Å². The molecule has 21 rings (SSSR count). The van der Waals surface area contributed by atoms with Crippen molar-refractivity contribution in [2.24, 2.45) is 85.2 Å². The van der Waals surface area contributed by atoms with Gasteiger partial charge in [0.2, 0.25) is 11.5 Å². The Morgan fingerprint density at radius 2 is 0.732 bits per heavy atom. The Bertz CT molecular complexity index is 5980. The fraction of sp³-hybridized carbons (Fsp3) is 0.480. The molecule has 0 saturated heterocycles. The summed E-state index contributed by atoms with van der Waals surface area (Å²) in [5.74, 6) is 8.68. The first-order valence-corrected chi connectivity index (χ1v) is 52.8. The molecule has 0 aliphatic heterocycles. The third kappa shape index (κ3) is 24.3. The van der Waals surface area contributed by atoms with Gasteiger partial charge < -0.3 is 40.7 Å². The summed E-state index contributed by atoms with van der Waals surface area (Å²) in [7, 11) is -1.03. The van der Waals surface area contributed by atoms with Gasteiger partial charge in [0.15, 0.2) is 5.78 Å². The second kappa shape index (κ2) is 47.8. The van der Waals surface area contributed by atoms with Gasteiger partial charge in [0, 0.05) is 66.0 Å². The number of benzene rings is 8. The smallest absolute Gasteiger partial charge is 1.00 e. The van der Waals surface area contributed by atoms with Crippen molar-refractivity contribution in [3.8, 4) is 0 Å². The van der Waals surface area contributed by atoms with E-state index in [4.69, 9.17) is 34.8 Å². The molecule has 3 unspecified atom stereocenters. The minimum atomic E-state index is -1.78. The molecule has 750 valence electrons. The zero-order chi connectivity index (χ0) is 99.4. The van der Waals surface area contributed by atoms with Gasteiger partial charge in [-0.25, -0.2) is 11.4 Å². The number of hydrogen-bond acceptors (Lipinski definition) is 10. The van der Waals surface area contributed by atoms with E-state index < -0.39 is 18.7 Å². The van der Waals surface area contributed by atoms with Gasteiger partial charge in [0.1, 0.15) is 46.2 Å². The molecule has 0 bridgehead atoms. The van der Waals surface area contributed by atoms with Crippen LogP contribution in [0.1, 0.15) is 294 Å². The third-order valence-electron chi connectivity index (χ3n) is 34.8. The van der Waals surface area contributed by atoms with Crippen molar-refractivity contribution in [3.05, 3.63) is 363 Å². The first-order valence-electron chi connectivity index (χ1n) is 51.8. The van der Waals surface area contributed by atoms with Crippen LogP contribution in [-0.4, -0.2) is 46.0 Å². The van der Waals surface area contributed by atoms with E-state index in [1.807, 2.05) is 38.5 Å². The summed E-state index contributed by atoms with van der Waals surface area (Å²) in [5.41, 5.74) is 13.1. The van der Waals surface area contributed by atoms with Crippen molar-refractivity contribution in [3.63, 3.8) is 0 Å². The molecule has 14 atom stereocenters. The Morgan fingerprint density at radius 3 is 1.13 bits per heavy atom. The zero-order valence-electron chi connectivity index (χ0n) is 87.9. The van der Waals surface area contributed by atoms with E-state index >= 15 is 0 Å². The first kappa shape index (κ1) is 113. The Kier molecular flexibility index (Phi) is 38.0. The van der Waals surface area contributed by atoms with Gasteiger partial charge in [0.25, 0.3) is 6.04 Å². The molecule has 0 amide bonds. The number of carbonyl (C=O) groups excluding carboxylic acids is 3. The third-order valence-corrected chi connectivity index (χ3v) is 39.2. The van der Waals surface area contributed by atoms with Crippen LogP contribution in [0.4, 0.5) is 0 Å². The summed E-state index contributed by atoms with van der Waals surface area (Å²) in [6, 6.07) is 86.7. The van der Waals surface area contributed by atoms with Crippen LogP contribution in [-0.2, 0) is 75.3 Å². The van der Waals surface area contributed by atoms with E-state index in [9.17, 15) is 14.4 Å². The molecule has 0 radical (unpaired) electrons. The SMILES string of the molecule is C.C.C.CC1(C)c2oncc2C[C@]2(C)CC(=Cc3ccccc3)CC[C@@H]12.CC1(C)c2oncc2C[C@]2(C)CC(=O)CC[C@@H]12.CC1(C)c2oncc2C[C@]2(C)CC(Cc3ccccc3)CC[C@@H]12.C[O-].[2H][2H].[C-]#[N+]C1=C[C@]2(C)C[C@@H](Cc3ccccc3)CC[C@H]2C(C)(C)C1=O.[C-]#[N+]C1C[C@]2(C)CC(Cc3ccccc3)CC[C@H]2C(C)(C)C1=O.[Cl-].[Na+].c1ccc(C[P+](c2ccccc2)(c2ccccc2)c2ccccc2)cc1. The molecule has 12 nitrogen and oxygen atoms in total. The zero-order valence-corrected chi connectivity index (χ0v) is 89.5. The van der Waals surface area contributed by atoms with Crippen molar-refractivity contribution in [1.29, 1.82) is 0 Å². The van der Waals surface area contributed by atoms with Gasteiger partial charge in [-0.1, -0.05) is 366 Å². The maximum Gasteiger partial charge on any atom is 1.00 e. The number of ketones is 3. The quantitative estimate of drug-likeness (QED) is 0.0654. The molecule has 3 aromatic heterocycles. The molecule has 15 heteroatoms. The predicted molar refractivity (Wildman–Crippen MR) is 578 cm³/mol. The van der Waals surface area contributed by atoms with Gasteiger partial charge in [-0.2, -0.15) is 7.11 Å². The topological polar surface area (TPSA) is 161 Å². The molecule has 0 spiro atoms. The first-order chi connectivity index (χ1) is 66.5. The summed E-state index contributed by atoms with van der Waals surface area (Å²) < 4.78 is 26.7. The van der Waals surface area contributed by atoms with Gasteiger partial charge in [-0.05, 0) is 261 Å². The molecule has 11 aromatic rings. The summed E-state index contributed by atoms with van der Waals surface area (Å²) >= 11 is 0. The second-order valence-electron chi connectivity index (χ2n) is 46.4. The van der Waals surface area contributed by atoms with Crippen LogP contribution in [0.5, 0.6) is 0 Å². The van der Waals surface area contributed by atoms with Gasteiger partial charge in [-0.15, -0.1) is 0 Å². The molecular formula is C127H162ClN5NaO7P. The average molecular weight is 1960 g/mol. The molecule has 6 fully saturated rings. The fourth-order valence-electron chi connectivity index (χ4n) is 29.3. The summed E-state index contributed by atoms with van der Waals surface area (Å²) in [6.07, 6.45) is 35.3. The monoisotopic (exact) mass is 1960 g/mol. The number of carbonyl (C=O) groups is 3. The number of rotatable bonds is 12. The largest absolute Gasteiger partial charge is 1.00 e. The maximum absolute atomic E-state index is 12.6. The van der Waals surface area contributed by atoms with E-state index in [1.54, 1.807) is 5.57 Å². The number of hydrogen-bond donors (Lipinski definition) is 0. The maximum atomic E-state index is 12.6. The van der Waals surface area contributed by atoms with Crippen molar-refractivity contribution in [2.75, 3.05) is 7.11 Å². The van der Waals surface area contributed by atoms with Crippen LogP contribution in [0.2, 0.25) is 0 Å². The summed E-state index contributed by atoms with van der Waals surface area (Å²) in [6.45, 7) is 48.7. The van der Waals surface area contributed by atoms with Crippen LogP contribution in [0.15, 0.2) is 292 Å². The van der Waals surface area contributed by atoms with E-state index in [-0.39, 0.29) is 114 Å². The predicted octanol–water partition coefficient (Wildman–Crippen LogP) is 23.8. The molecule has 10 aliphatic carbocycles. The van der Waals surface area contributed by atoms with Crippen molar-refractivity contribution in [1.82, 2.24) is 15.5 Å². The van der Waals surface area contributed by atoms with E-state index in [0.717, 1.165) is 114 Å². The minimum Gasteiger partial charge on any atom is -1.00 e. The van der Waals surface area contributed by atoms with Crippen LogP contribution in [0.25, 0.3) is 15.8 Å². The Hall–Kier alpha value is -9.46. The second-order valence-corrected chi connectivity index (χ2v) is 49.9. The Labute approximate surface area is 884 Å². The van der Waals surface area contributed by atoms with Crippen LogP contribution < -0.4 is 63.0 Å². The molecule has 10 aliphatic rings. The van der Waals surface area contributed by atoms with Crippen molar-refractivity contribution in [2.45, 2.75) is 296 Å². The fourth-order valence-corrected chi connectivity index (χ4v) is 33.6. The number of halogens is 1. The molecular weight excluding hydrogens is 1800 g/mol. The molecule has 0 N–H and O–H groups in total. The number of allylic oxidation sites excluding steroid dienone is 3. The van der Waals surface area contributed by atoms with Crippen LogP contribution in [0, 0.1) is 98.4 Å². The Morgan fingerprint density at radius 1 is 0.394 bits per heavy atom. The summed E-state index contributed by atoms with van der Waals surface area (Å²) in [4.78, 5) is 44.1. The Balaban J connectivity index is 0.000000190. The molecule has 142 heavy (non-hydrogen) atoms. The van der Waals surface area contributed by atoms with Crippen molar-refractivity contribution < 1.29 is 78.0 Å². The summed E-state index contributed by atoms with van der Waals surface area (Å²) in [5, 5.41) is 24.7. The van der Waals surface area contributed by atoms with Gasteiger partial charge >= 0.3 is 29.6 Å². The minimum absolute atomic E-state index is 0. The number of aromatic nitrogens is 3. The van der Waals surface area contributed by atoms with Crippen molar-refractivity contribution >= 4 is 46.6 Å². The molecule has 8 aromatic carbocycles. The van der Waals surface area contributed by atoms with E-state index in [2.05, 4.69) is 364 Å². The average Bonchev–Trinajstić information content (AvgIpc) is 1.24. The number of nitrogens with zero attached hydrogens (tertiary/aromatic N) is 5. The van der Waals surface area contributed by atoms with E-state index in [1.165, 1.54) is 118 Å². The number of Topliss-reactive ketones (excluding diaryl/α,β-unsaturated/α-hetero) is 3. The standard InChI is InChI=1S/C25H22P.C21H27NO.C21H25NO.C21H27NO.C21H25NO.C14H19NO2.CH3O.3CH4.ClH.Na.H2/c1-5-13-22(14-6-1)21-26(23-15-7-2-8-16-23,24-17-9-3-10-18-24)25-19-11-4-12-20-25;2*1-20(2)18-10-9-16(11-15-7-5-4-6-8-15)12-21(18,3)13-17-14-22-23-19(17)20;2*1-20(2)18-11-10-16(12-15-8-6-5-7-9-15)13-21(18,3)14-17(22-4)19(20)23;1-13(2)11-5-4-10(16)7-14(11,3)6-9-8-15-17-12(9)13;1-2;;;;;;/h1-20H,21H2;4-8,14,16,18H,9-13H2,1-3H3;4-8,11,14,18H,9-10,12-13H2,1-3H3;5-9,16-18H,10-14H2,1-3H3;5-9,14,16,18H,10-13H2,1-3H3;8,11H,4-7H2,1-3H3;1H3;3*1H4;1H;;1H/q+1;;;;;;-1;;;;;+1;/p-1/t;16?,18-,21-;18-,21-;16?,17?,18-,21-;16-,18+,21+;11-,14+;;;;;;;/m.00010......./s1/i;;;;;;;;;;;;1+1D. The number of fused-ring (bicyclic) bond motifs is 8. The van der Waals surface area contributed by atoms with E-state index in [0.29, 0.717) is 70.2 Å². The van der Waals surface area contributed by atoms with Gasteiger partial charge in [0.05, 0.1) is 31.3 Å². The molecule has 6 saturated carbocycles.